The van der Waals surface area contributed by atoms with Gasteiger partial charge in [-0.25, -0.2) is 9.46 Å². The molecular weight excluding hydrogens is 554 g/mol. The molecule has 1 saturated heterocycles. The Labute approximate surface area is 233 Å². The van der Waals surface area contributed by atoms with E-state index < -0.39 is 76.9 Å². The summed E-state index contributed by atoms with van der Waals surface area (Å²) in [6.45, 7) is 8.28. The largest absolute Gasteiger partial charge is 0.376 e. The first-order chi connectivity index (χ1) is 19.5. The fourth-order valence-electron chi connectivity index (χ4n) is 5.03. The third kappa shape index (κ3) is 8.05. The van der Waals surface area contributed by atoms with Crippen LogP contribution in [0.2, 0.25) is 0 Å². The number of nitriles is 1. The van der Waals surface area contributed by atoms with Crippen LogP contribution >= 0.6 is 16.1 Å². The number of nitrogens with zero attached hydrogens (tertiary/aromatic N) is 3. The summed E-state index contributed by atoms with van der Waals surface area (Å²) in [7, 11) is -9.66. The second kappa shape index (κ2) is 14.9. The zero-order chi connectivity index (χ0) is 31.9. The van der Waals surface area contributed by atoms with Gasteiger partial charge < -0.3 is 33.0 Å². The minimum atomic E-state index is -3.83. The van der Waals surface area contributed by atoms with Crippen molar-refractivity contribution >= 4 is 16.1 Å². The maximum Gasteiger partial charge on any atom is 0.356 e. The molecule has 0 aromatic carbocycles. The summed E-state index contributed by atoms with van der Waals surface area (Å²) in [5, 5.41) is 9.23. The molecule has 14 nitrogen and oxygen atoms in total. The number of nitrogens with one attached hydrogen (secondary N) is 1. The topological polar surface area (TPSA) is 186 Å². The zero-order valence-corrected chi connectivity index (χ0v) is 24.5. The van der Waals surface area contributed by atoms with Gasteiger partial charge in [-0.2, -0.15) is 5.26 Å². The van der Waals surface area contributed by atoms with Crippen molar-refractivity contribution in [1.82, 2.24) is 14.2 Å². The van der Waals surface area contributed by atoms with Crippen molar-refractivity contribution in [3.63, 3.8) is 0 Å². The van der Waals surface area contributed by atoms with Gasteiger partial charge in [-0.3, -0.25) is 18.9 Å². The first-order valence-electron chi connectivity index (χ1n) is 14.0. The minimum absolute atomic E-state index is 0.0299. The molecule has 1 aromatic rings. The van der Waals surface area contributed by atoms with E-state index in [1.165, 1.54) is 4.67 Å². The summed E-state index contributed by atoms with van der Waals surface area (Å²) in [6.07, 6.45) is -3.58. The number of unbranched alkanes of at least 4 members (excludes halogenated alkanes) is 1. The van der Waals surface area contributed by atoms with E-state index in [1.54, 1.807) is 34.6 Å². The van der Waals surface area contributed by atoms with Crippen molar-refractivity contribution in [2.24, 2.45) is 5.92 Å². The number of aromatic nitrogens is 2. The fraction of sp³-hybridized carbons (Fsp3) is 0.783. The highest BCUT2D eigenvalue weighted by Crippen LogP contribution is 2.54. The average molecular weight is 598 g/mol. The molecule has 2 rings (SSSR count). The molecule has 0 spiro atoms. The molecule has 0 saturated carbocycles. The summed E-state index contributed by atoms with van der Waals surface area (Å²) in [4.78, 5) is 47.8. The molecule has 1 aromatic heterocycles. The summed E-state index contributed by atoms with van der Waals surface area (Å²) >= 11 is 0. The van der Waals surface area contributed by atoms with Crippen molar-refractivity contribution in [1.29, 1.82) is 5.26 Å². The molecule has 2 heterocycles. The Morgan fingerprint density at radius 1 is 1.36 bits per heavy atom. The molecule has 1 aliphatic rings. The van der Waals surface area contributed by atoms with Gasteiger partial charge in [0.25, 0.3) is 14.1 Å². The number of rotatable bonds is 16. The lowest BCUT2D eigenvalue weighted by Crippen LogP contribution is -2.58. The maximum atomic E-state index is 13.3. The highest BCUT2D eigenvalue weighted by atomic mass is 31.2. The van der Waals surface area contributed by atoms with Crippen LogP contribution in [0.15, 0.2) is 21.9 Å². The van der Waals surface area contributed by atoms with Crippen LogP contribution in [0.5, 0.6) is 0 Å². The van der Waals surface area contributed by atoms with Gasteiger partial charge in [-0.05, 0) is 47.5 Å². The van der Waals surface area contributed by atoms with E-state index in [1.807, 2.05) is 6.07 Å². The van der Waals surface area contributed by atoms with Crippen molar-refractivity contribution in [3.05, 3.63) is 33.1 Å². The summed E-state index contributed by atoms with van der Waals surface area (Å²) in [5.74, 6) is -1.20. The third-order valence-corrected chi connectivity index (χ3v) is 9.48. The predicted molar refractivity (Wildman–Crippen MR) is 143 cm³/mol. The minimum Gasteiger partial charge on any atom is -0.376 e. The molecule has 0 amide bonds. The first-order valence-corrected chi connectivity index (χ1v) is 15.4. The summed E-state index contributed by atoms with van der Waals surface area (Å²) < 4.78 is 67.5. The summed E-state index contributed by atoms with van der Waals surface area (Å²) in [6, 6.07) is 2.54. The van der Waals surface area contributed by atoms with Crippen LogP contribution in [0.25, 0.3) is 0 Å². The Morgan fingerprint density at radius 2 is 2.03 bits per heavy atom. The van der Waals surface area contributed by atoms with Crippen molar-refractivity contribution in [3.8, 4) is 6.07 Å². The second-order valence-electron chi connectivity index (χ2n) is 9.34. The van der Waals surface area contributed by atoms with Gasteiger partial charge in [-0.15, -0.1) is 0 Å². The van der Waals surface area contributed by atoms with Crippen LogP contribution in [0.1, 0.15) is 64.2 Å². The molecule has 3 N–H and O–H groups in total. The van der Waals surface area contributed by atoms with Crippen molar-refractivity contribution < 1.29 is 41.7 Å². The maximum absolute atomic E-state index is 13.3. The number of hydrogen-bond donors (Lipinski definition) is 3. The smallest absolute Gasteiger partial charge is 0.356 e. The fourth-order valence-corrected chi connectivity index (χ4v) is 7.43. The van der Waals surface area contributed by atoms with Crippen molar-refractivity contribution in [2.45, 2.75) is 84.1 Å². The molecule has 0 radical (unpaired) electrons. The molecule has 1 unspecified atom stereocenters. The van der Waals surface area contributed by atoms with Crippen LogP contribution in [0, 0.1) is 17.2 Å². The Balaban J connectivity index is 2.81. The van der Waals surface area contributed by atoms with Gasteiger partial charge in [0.05, 0.1) is 29.3 Å². The third-order valence-electron chi connectivity index (χ3n) is 6.41. The van der Waals surface area contributed by atoms with Crippen LogP contribution in [-0.4, -0.2) is 74.6 Å². The van der Waals surface area contributed by atoms with E-state index in [4.69, 9.17) is 27.4 Å². The molecule has 1 aliphatic heterocycles. The molecule has 5 atom stereocenters. The van der Waals surface area contributed by atoms with Gasteiger partial charge in [0.15, 0.2) is 18.9 Å². The van der Waals surface area contributed by atoms with Gasteiger partial charge in [0.2, 0.25) is 0 Å². The Hall–Kier alpha value is -1.49. The van der Waals surface area contributed by atoms with E-state index in [0.717, 1.165) is 16.8 Å². The molecule has 39 heavy (non-hydrogen) atoms. The number of hydrogen-bond acceptors (Lipinski definition) is 12. The monoisotopic (exact) mass is 597 g/mol. The van der Waals surface area contributed by atoms with Gasteiger partial charge in [0.1, 0.15) is 6.10 Å². The average Bonchev–Trinajstić information content (AvgIpc) is 3.19. The Bertz CT molecular complexity index is 1210. The highest BCUT2D eigenvalue weighted by Gasteiger charge is 2.58. The number of ether oxygens (including phenoxy) is 3. The first kappa shape index (κ1) is 29.0. The van der Waals surface area contributed by atoms with Crippen LogP contribution in [0.4, 0.5) is 0 Å². The molecule has 16 heteroatoms. The predicted octanol–water partition coefficient (Wildman–Crippen LogP) is 2.64. The lowest BCUT2D eigenvalue weighted by molar-refractivity contribution is -0.171. The van der Waals surface area contributed by atoms with E-state index >= 15 is 0 Å². The zero-order valence-electron chi connectivity index (χ0n) is 25.7. The lowest BCUT2D eigenvalue weighted by atomic mass is 9.77. The number of methoxy groups -OCH3 is 1. The molecule has 1 fully saturated rings. The van der Waals surface area contributed by atoms with Gasteiger partial charge >= 0.3 is 13.3 Å². The Kier molecular flexibility index (Phi) is 11.1. The van der Waals surface area contributed by atoms with E-state index in [-0.39, 0.29) is 32.5 Å². The molecular formula is C23H40N4O10P2. The number of aromatic amines is 1. The Morgan fingerprint density at radius 3 is 2.54 bits per heavy atom. The quantitative estimate of drug-likeness (QED) is 0.187. The van der Waals surface area contributed by atoms with Gasteiger partial charge in [-0.1, -0.05) is 0 Å². The normalized spacial score (nSPS) is 24.9. The summed E-state index contributed by atoms with van der Waals surface area (Å²) in [5.41, 5.74) is -3.04. The van der Waals surface area contributed by atoms with E-state index in [9.17, 15) is 29.2 Å². The van der Waals surface area contributed by atoms with E-state index in [2.05, 4.69) is 4.98 Å². The highest BCUT2D eigenvalue weighted by molar-refractivity contribution is 7.53. The van der Waals surface area contributed by atoms with Crippen LogP contribution < -0.4 is 11.2 Å². The van der Waals surface area contributed by atoms with Gasteiger partial charge in [0, 0.05) is 37.3 Å². The van der Waals surface area contributed by atoms with Crippen LogP contribution in [-0.2, 0) is 27.8 Å². The standard InChI is InChI=1S/C23H40N4O10P2/c1-7-35-39(32,36-8-2)15-34-21-18(23(5,12-9-10-13-24)27(16(3)4)38(30)31)19(33-6)20(37-21)26-14-11-17(28)25-22(26)29/h11,14,16,18-21,30-31H,7-10,12,15H2,1-6H3,(H,25,28,29)/t18-,19+,20+,21-,23?/m0/s1/i6D3. The lowest BCUT2D eigenvalue weighted by Gasteiger charge is -2.49. The molecule has 0 bridgehead atoms. The van der Waals surface area contributed by atoms with E-state index in [0.29, 0.717) is 0 Å². The molecule has 0 aliphatic carbocycles. The molecule has 222 valence electrons. The van der Waals surface area contributed by atoms with Crippen LogP contribution in [0.3, 0.4) is 0 Å². The second-order valence-corrected chi connectivity index (χ2v) is 12.3. The number of H-pyrrole nitrogens is 1. The SMILES string of the molecule is [2H]C([2H])([2H])O[C@@H]1[C@H](C(C)(CCCC#N)N(C(C)C)P(O)O)[C@@H](OCP(=O)(OCC)OCC)O[C@H]1n1ccc(=O)[nH]c1=O. The van der Waals surface area contributed by atoms with Crippen molar-refractivity contribution in [2.75, 3.05) is 26.6 Å².